The highest BCUT2D eigenvalue weighted by Gasteiger charge is 2.36. The average molecular weight is 321 g/mol. The number of carbonyl (C=O) groups excluding carboxylic acids is 1. The van der Waals surface area contributed by atoms with Crippen molar-refractivity contribution in [3.8, 4) is 6.07 Å². The number of anilines is 1. The van der Waals surface area contributed by atoms with E-state index in [1.54, 1.807) is 13.8 Å². The van der Waals surface area contributed by atoms with E-state index in [4.69, 9.17) is 0 Å². The van der Waals surface area contributed by atoms with E-state index >= 15 is 0 Å². The third-order valence-electron chi connectivity index (χ3n) is 4.28. The zero-order valence-electron chi connectivity index (χ0n) is 13.6. The highest BCUT2D eigenvalue weighted by molar-refractivity contribution is 7.16. The molecule has 0 radical (unpaired) electrons. The fourth-order valence-electron chi connectivity index (χ4n) is 3.02. The lowest BCUT2D eigenvalue weighted by Crippen LogP contribution is -2.48. The van der Waals surface area contributed by atoms with Crippen molar-refractivity contribution in [2.24, 2.45) is 0 Å². The molecule has 1 amide bonds. The Balaban J connectivity index is 2.05. The van der Waals surface area contributed by atoms with Gasteiger partial charge in [-0.05, 0) is 52.6 Å². The van der Waals surface area contributed by atoms with Crippen LogP contribution >= 0.6 is 11.3 Å². The van der Waals surface area contributed by atoms with Gasteiger partial charge in [0.05, 0.1) is 17.7 Å². The van der Waals surface area contributed by atoms with E-state index in [0.717, 1.165) is 29.8 Å². The van der Waals surface area contributed by atoms with E-state index in [-0.39, 0.29) is 18.5 Å². The second kappa shape index (κ2) is 6.37. The maximum atomic E-state index is 12.3. The first-order valence-electron chi connectivity index (χ1n) is 7.50. The molecule has 2 heterocycles. The minimum atomic E-state index is -0.815. The molecule has 0 bridgehead atoms. The zero-order valence-corrected chi connectivity index (χ0v) is 14.4. The smallest absolute Gasteiger partial charge is 0.239 e. The summed E-state index contributed by atoms with van der Waals surface area (Å²) in [5.41, 5.74) is 0.666. The molecule has 1 atom stereocenters. The standard InChI is InChI=1S/C16H23N3O2S/c1-10-11(2)22-15(12(10)8-17)18-14(20)9-19-7-5-6-13(19)16(3,4)21/h13,21H,5-7,9H2,1-4H3,(H,18,20). The van der Waals surface area contributed by atoms with Crippen LogP contribution in [0, 0.1) is 25.2 Å². The largest absolute Gasteiger partial charge is 0.389 e. The lowest BCUT2D eigenvalue weighted by Gasteiger charge is -2.33. The molecule has 120 valence electrons. The maximum Gasteiger partial charge on any atom is 0.239 e. The second-order valence-electron chi connectivity index (χ2n) is 6.43. The lowest BCUT2D eigenvalue weighted by molar-refractivity contribution is -0.118. The Kier molecular flexibility index (Phi) is 4.90. The van der Waals surface area contributed by atoms with E-state index in [1.807, 2.05) is 18.7 Å². The van der Waals surface area contributed by atoms with Crippen LogP contribution in [0.1, 0.15) is 42.7 Å². The fourth-order valence-corrected chi connectivity index (χ4v) is 4.04. The van der Waals surface area contributed by atoms with Gasteiger partial charge >= 0.3 is 0 Å². The van der Waals surface area contributed by atoms with Gasteiger partial charge in [-0.25, -0.2) is 0 Å². The first-order valence-corrected chi connectivity index (χ1v) is 8.32. The number of hydrogen-bond acceptors (Lipinski definition) is 5. The summed E-state index contributed by atoms with van der Waals surface area (Å²) in [6.07, 6.45) is 1.89. The van der Waals surface area contributed by atoms with Crippen LogP contribution in [0.2, 0.25) is 0 Å². The molecule has 1 aliphatic rings. The van der Waals surface area contributed by atoms with Crippen molar-refractivity contribution in [1.82, 2.24) is 4.90 Å². The van der Waals surface area contributed by atoms with Gasteiger partial charge in [0.1, 0.15) is 11.1 Å². The SMILES string of the molecule is Cc1sc(NC(=O)CN2CCCC2C(C)(C)O)c(C#N)c1C. The molecule has 1 aromatic rings. The number of aryl methyl sites for hydroxylation is 1. The molecule has 5 nitrogen and oxygen atoms in total. The Morgan fingerprint density at radius 1 is 1.55 bits per heavy atom. The Bertz CT molecular complexity index is 610. The molecule has 22 heavy (non-hydrogen) atoms. The van der Waals surface area contributed by atoms with Gasteiger partial charge in [-0.1, -0.05) is 0 Å². The number of hydrogen-bond donors (Lipinski definition) is 2. The molecule has 2 rings (SSSR count). The molecule has 1 unspecified atom stereocenters. The summed E-state index contributed by atoms with van der Waals surface area (Å²) in [6, 6.07) is 2.16. The van der Waals surface area contributed by atoms with E-state index in [1.165, 1.54) is 11.3 Å². The van der Waals surface area contributed by atoms with Gasteiger partial charge in [0.15, 0.2) is 0 Å². The van der Waals surface area contributed by atoms with Crippen molar-refractivity contribution in [1.29, 1.82) is 5.26 Å². The maximum absolute atomic E-state index is 12.3. The molecular formula is C16H23N3O2S. The molecule has 6 heteroatoms. The summed E-state index contributed by atoms with van der Waals surface area (Å²) in [7, 11) is 0. The molecule has 0 aliphatic carbocycles. The molecule has 0 spiro atoms. The van der Waals surface area contributed by atoms with Gasteiger partial charge in [-0.15, -0.1) is 11.3 Å². The Morgan fingerprint density at radius 3 is 2.82 bits per heavy atom. The summed E-state index contributed by atoms with van der Waals surface area (Å²) < 4.78 is 0. The van der Waals surface area contributed by atoms with Crippen molar-refractivity contribution < 1.29 is 9.90 Å². The number of nitriles is 1. The lowest BCUT2D eigenvalue weighted by atomic mass is 9.97. The average Bonchev–Trinajstić information content (AvgIpc) is 2.95. The molecule has 1 saturated heterocycles. The van der Waals surface area contributed by atoms with Crippen LogP contribution < -0.4 is 5.32 Å². The van der Waals surface area contributed by atoms with Crippen LogP contribution in [0.3, 0.4) is 0 Å². The Hall–Kier alpha value is -1.42. The summed E-state index contributed by atoms with van der Waals surface area (Å²) in [4.78, 5) is 15.4. The monoisotopic (exact) mass is 321 g/mol. The summed E-state index contributed by atoms with van der Waals surface area (Å²) in [5.74, 6) is -0.131. The fraction of sp³-hybridized carbons (Fsp3) is 0.625. The quantitative estimate of drug-likeness (QED) is 0.893. The Morgan fingerprint density at radius 2 is 2.23 bits per heavy atom. The first-order chi connectivity index (χ1) is 10.2. The predicted molar refractivity (Wildman–Crippen MR) is 88.0 cm³/mol. The molecule has 0 saturated carbocycles. The normalized spacial score (nSPS) is 19.2. The van der Waals surface area contributed by atoms with Crippen molar-refractivity contribution >= 4 is 22.2 Å². The topological polar surface area (TPSA) is 76.4 Å². The van der Waals surface area contributed by atoms with E-state index in [2.05, 4.69) is 11.4 Å². The molecule has 1 aliphatic heterocycles. The van der Waals surface area contributed by atoms with E-state index in [9.17, 15) is 15.2 Å². The zero-order chi connectivity index (χ0) is 16.5. The number of thiophene rings is 1. The molecule has 2 N–H and O–H groups in total. The van der Waals surface area contributed by atoms with E-state index < -0.39 is 5.60 Å². The molecule has 1 aromatic heterocycles. The summed E-state index contributed by atoms with van der Waals surface area (Å²) in [5, 5.41) is 22.9. The van der Waals surface area contributed by atoms with Crippen molar-refractivity contribution in [3.05, 3.63) is 16.0 Å². The van der Waals surface area contributed by atoms with Crippen molar-refractivity contribution in [2.75, 3.05) is 18.4 Å². The number of carbonyl (C=O) groups is 1. The minimum absolute atomic E-state index is 0.000458. The first kappa shape index (κ1) is 16.9. The number of likely N-dealkylation sites (tertiary alicyclic amines) is 1. The number of amides is 1. The van der Waals surface area contributed by atoms with Crippen LogP contribution in [0.25, 0.3) is 0 Å². The third-order valence-corrected chi connectivity index (χ3v) is 5.40. The van der Waals surface area contributed by atoms with Gasteiger partial charge in [-0.2, -0.15) is 5.26 Å². The summed E-state index contributed by atoms with van der Waals surface area (Å²) in [6.45, 7) is 8.47. The third kappa shape index (κ3) is 3.49. The van der Waals surface area contributed by atoms with E-state index in [0.29, 0.717) is 10.6 Å². The Labute approximate surface area is 135 Å². The van der Waals surface area contributed by atoms with Crippen LogP contribution in [0.15, 0.2) is 0 Å². The molecule has 0 aromatic carbocycles. The van der Waals surface area contributed by atoms with Crippen LogP contribution in [0.4, 0.5) is 5.00 Å². The van der Waals surface area contributed by atoms with Gasteiger partial charge in [0, 0.05) is 10.9 Å². The highest BCUT2D eigenvalue weighted by atomic mass is 32.1. The number of nitrogens with one attached hydrogen (secondary N) is 1. The van der Waals surface area contributed by atoms with Crippen LogP contribution in [-0.4, -0.2) is 40.6 Å². The number of nitrogens with zero attached hydrogens (tertiary/aromatic N) is 2. The minimum Gasteiger partial charge on any atom is -0.389 e. The predicted octanol–water partition coefficient (Wildman–Crippen LogP) is 2.41. The van der Waals surface area contributed by atoms with Crippen LogP contribution in [0.5, 0.6) is 0 Å². The number of aliphatic hydroxyl groups is 1. The summed E-state index contributed by atoms with van der Waals surface area (Å²) >= 11 is 1.44. The highest BCUT2D eigenvalue weighted by Crippen LogP contribution is 2.32. The van der Waals surface area contributed by atoms with Crippen molar-refractivity contribution in [3.63, 3.8) is 0 Å². The van der Waals surface area contributed by atoms with Crippen molar-refractivity contribution in [2.45, 2.75) is 52.2 Å². The second-order valence-corrected chi connectivity index (χ2v) is 7.65. The van der Waals surface area contributed by atoms with Crippen LogP contribution in [-0.2, 0) is 4.79 Å². The number of rotatable bonds is 4. The molecule has 1 fully saturated rings. The van der Waals surface area contributed by atoms with Gasteiger partial charge in [-0.3, -0.25) is 9.69 Å². The molecular weight excluding hydrogens is 298 g/mol. The van der Waals surface area contributed by atoms with Gasteiger partial charge < -0.3 is 10.4 Å². The van der Waals surface area contributed by atoms with Gasteiger partial charge in [0.25, 0.3) is 0 Å². The van der Waals surface area contributed by atoms with Gasteiger partial charge in [0.2, 0.25) is 5.91 Å².